The van der Waals surface area contributed by atoms with Crippen molar-refractivity contribution in [3.05, 3.63) is 48.6 Å². The molecule has 0 saturated carbocycles. The van der Waals surface area contributed by atoms with Gasteiger partial charge in [-0.1, -0.05) is 191 Å². The highest BCUT2D eigenvalue weighted by molar-refractivity contribution is 7.47. The Balaban J connectivity index is 4.75. The summed E-state index contributed by atoms with van der Waals surface area (Å²) in [4.78, 5) is 48.2. The summed E-state index contributed by atoms with van der Waals surface area (Å²) < 4.78 is 39.3. The highest BCUT2D eigenvalue weighted by atomic mass is 31.2. The van der Waals surface area contributed by atoms with Crippen molar-refractivity contribution in [1.29, 1.82) is 0 Å². The van der Waals surface area contributed by atoms with Crippen LogP contribution in [0.5, 0.6) is 0 Å². The van der Waals surface area contributed by atoms with Crippen LogP contribution in [0.4, 0.5) is 0 Å². The zero-order valence-electron chi connectivity index (χ0n) is 42.2. The number of unbranched alkanes of at least 4 members (excludes halogenated alkanes) is 24. The number of carbonyl (C=O) groups excluding carboxylic acids is 3. The van der Waals surface area contributed by atoms with Gasteiger partial charge in [-0.15, -0.1) is 0 Å². The summed E-state index contributed by atoms with van der Waals surface area (Å²) in [6.07, 6.45) is 49.5. The summed E-state index contributed by atoms with van der Waals surface area (Å²) in [5, 5.41) is 9.74. The average Bonchev–Trinajstić information content (AvgIpc) is 3.30. The van der Waals surface area contributed by atoms with E-state index in [9.17, 15) is 28.9 Å². The minimum atomic E-state index is -4.74. The molecule has 12 heteroatoms. The van der Waals surface area contributed by atoms with Crippen molar-refractivity contribution in [2.75, 3.05) is 26.4 Å². The van der Waals surface area contributed by atoms with Crippen LogP contribution in [0.2, 0.25) is 0 Å². The molecule has 0 amide bonds. The number of aliphatic hydroxyl groups excluding tert-OH is 1. The van der Waals surface area contributed by atoms with Gasteiger partial charge in [-0.3, -0.25) is 23.4 Å². The molecule has 0 aliphatic carbocycles. The SMILES string of the molecule is CC/C=C\C/C=C\C/C=C\CCCCCC(=O)OC(COC(=O)CCCCCCCCC/C=C\CCCCCCCC)COP(=O)(O)OCC(CO)OC(=O)CCCCCCCCCCC. The molecule has 2 N–H and O–H groups in total. The van der Waals surface area contributed by atoms with E-state index in [0.29, 0.717) is 19.3 Å². The van der Waals surface area contributed by atoms with E-state index in [0.717, 1.165) is 83.5 Å². The van der Waals surface area contributed by atoms with Gasteiger partial charge in [0.05, 0.1) is 19.8 Å². The van der Waals surface area contributed by atoms with Crippen LogP contribution in [0.25, 0.3) is 0 Å². The monoisotopic (exact) mass is 953 g/mol. The summed E-state index contributed by atoms with van der Waals surface area (Å²) in [6, 6.07) is 0. The number of phosphoric acid groups is 1. The fourth-order valence-electron chi connectivity index (χ4n) is 7.19. The third kappa shape index (κ3) is 46.5. The molecule has 0 radical (unpaired) electrons. The maximum Gasteiger partial charge on any atom is 0.472 e. The maximum absolute atomic E-state index is 12.8. The van der Waals surface area contributed by atoms with Gasteiger partial charge in [-0.2, -0.15) is 0 Å². The van der Waals surface area contributed by atoms with E-state index in [4.69, 9.17) is 23.3 Å². The molecule has 0 heterocycles. The van der Waals surface area contributed by atoms with Crippen LogP contribution in [0.3, 0.4) is 0 Å². The second-order valence-corrected chi connectivity index (χ2v) is 19.1. The minimum absolute atomic E-state index is 0.133. The fourth-order valence-corrected chi connectivity index (χ4v) is 7.97. The van der Waals surface area contributed by atoms with E-state index in [-0.39, 0.29) is 25.9 Å². The molecule has 0 bridgehead atoms. The molecule has 66 heavy (non-hydrogen) atoms. The summed E-state index contributed by atoms with van der Waals surface area (Å²) in [5.41, 5.74) is 0. The number of rotatable bonds is 49. The lowest BCUT2D eigenvalue weighted by Crippen LogP contribution is -2.30. The van der Waals surface area contributed by atoms with Crippen molar-refractivity contribution in [1.82, 2.24) is 0 Å². The molecule has 0 aromatic heterocycles. The average molecular weight is 953 g/mol. The Labute approximate surface area is 403 Å². The number of aliphatic hydroxyl groups is 1. The topological polar surface area (TPSA) is 155 Å². The van der Waals surface area contributed by atoms with Gasteiger partial charge in [0.1, 0.15) is 12.7 Å². The van der Waals surface area contributed by atoms with Crippen molar-refractivity contribution in [3.63, 3.8) is 0 Å². The van der Waals surface area contributed by atoms with Crippen molar-refractivity contribution < 1.29 is 52.2 Å². The first kappa shape index (κ1) is 63.4. The second-order valence-electron chi connectivity index (χ2n) is 17.7. The van der Waals surface area contributed by atoms with Gasteiger partial charge in [-0.25, -0.2) is 4.57 Å². The molecule has 3 unspecified atom stereocenters. The second kappa shape index (κ2) is 48.9. The number of phosphoric ester groups is 1. The standard InChI is InChI=1S/C54H97O11P/c1-4-7-10-13-16-19-21-23-24-25-26-28-29-32-34-37-40-43-52(56)61-47-51(65-54(58)45-42-39-36-33-30-27-22-20-17-14-11-8-5-2)49-63-66(59,60)62-48-50(46-55)64-53(57)44-41-38-35-31-18-15-12-9-6-3/h8,11,17,20,23-24,27,30,50-51,55H,4-7,9-10,12-16,18-19,21-22,25-26,28-29,31-49H2,1-3H3,(H,59,60)/b11-8-,20-17-,24-23-,30-27-. The summed E-state index contributed by atoms with van der Waals surface area (Å²) in [7, 11) is -4.74. The third-order valence-electron chi connectivity index (χ3n) is 11.2. The predicted octanol–water partition coefficient (Wildman–Crippen LogP) is 15.0. The quantitative estimate of drug-likeness (QED) is 0.0197. The zero-order chi connectivity index (χ0) is 48.4. The number of ether oxygens (including phenoxy) is 3. The van der Waals surface area contributed by atoms with E-state index in [1.54, 1.807) is 0 Å². The number of allylic oxidation sites excluding steroid dienone is 8. The number of hydrogen-bond donors (Lipinski definition) is 2. The Morgan fingerprint density at radius 3 is 1.24 bits per heavy atom. The van der Waals surface area contributed by atoms with Gasteiger partial charge in [0, 0.05) is 19.3 Å². The lowest BCUT2D eigenvalue weighted by atomic mass is 10.1. The lowest BCUT2D eigenvalue weighted by molar-refractivity contribution is -0.161. The molecule has 0 rings (SSSR count). The van der Waals surface area contributed by atoms with Gasteiger partial charge in [0.2, 0.25) is 0 Å². The van der Waals surface area contributed by atoms with Gasteiger partial charge < -0.3 is 24.2 Å². The molecule has 0 saturated heterocycles. The number of esters is 3. The molecule has 0 aromatic carbocycles. The summed E-state index contributed by atoms with van der Waals surface area (Å²) in [6.45, 7) is 4.46. The minimum Gasteiger partial charge on any atom is -0.462 e. The maximum atomic E-state index is 12.8. The van der Waals surface area contributed by atoms with Gasteiger partial charge >= 0.3 is 25.7 Å². The zero-order valence-corrected chi connectivity index (χ0v) is 43.1. The van der Waals surface area contributed by atoms with Gasteiger partial charge in [-0.05, 0) is 77.0 Å². The Hall–Kier alpha value is -2.56. The van der Waals surface area contributed by atoms with Gasteiger partial charge in [0.15, 0.2) is 6.10 Å². The summed E-state index contributed by atoms with van der Waals surface area (Å²) >= 11 is 0. The van der Waals surface area contributed by atoms with Crippen LogP contribution in [0, 0.1) is 0 Å². The van der Waals surface area contributed by atoms with E-state index >= 15 is 0 Å². The van der Waals surface area contributed by atoms with Crippen molar-refractivity contribution in [2.45, 2.75) is 251 Å². The van der Waals surface area contributed by atoms with E-state index in [1.807, 2.05) is 0 Å². The Bertz CT molecular complexity index is 1300. The number of carbonyl (C=O) groups is 3. The highest BCUT2D eigenvalue weighted by Gasteiger charge is 2.28. The molecule has 0 aromatic rings. The van der Waals surface area contributed by atoms with Crippen LogP contribution in [0.15, 0.2) is 48.6 Å². The van der Waals surface area contributed by atoms with Crippen molar-refractivity contribution >= 4 is 25.7 Å². The lowest BCUT2D eigenvalue weighted by Gasteiger charge is -2.21. The molecular formula is C54H97O11P. The predicted molar refractivity (Wildman–Crippen MR) is 270 cm³/mol. The first-order valence-electron chi connectivity index (χ1n) is 26.5. The Morgan fingerprint density at radius 1 is 0.439 bits per heavy atom. The first-order valence-corrected chi connectivity index (χ1v) is 28.0. The van der Waals surface area contributed by atoms with Crippen LogP contribution in [0.1, 0.15) is 239 Å². The molecular weight excluding hydrogens is 856 g/mol. The first-order chi connectivity index (χ1) is 32.2. The smallest absolute Gasteiger partial charge is 0.462 e. The van der Waals surface area contributed by atoms with Crippen molar-refractivity contribution in [2.24, 2.45) is 0 Å². The molecule has 11 nitrogen and oxygen atoms in total. The molecule has 0 aliphatic heterocycles. The van der Waals surface area contributed by atoms with Crippen molar-refractivity contribution in [3.8, 4) is 0 Å². The van der Waals surface area contributed by atoms with E-state index in [2.05, 4.69) is 69.4 Å². The van der Waals surface area contributed by atoms with Crippen LogP contribution in [-0.2, 0) is 42.2 Å². The highest BCUT2D eigenvalue weighted by Crippen LogP contribution is 2.43. The van der Waals surface area contributed by atoms with Crippen LogP contribution >= 0.6 is 7.82 Å². The number of hydrogen-bond acceptors (Lipinski definition) is 10. The summed E-state index contributed by atoms with van der Waals surface area (Å²) in [5.74, 6) is -1.50. The van der Waals surface area contributed by atoms with Crippen LogP contribution in [-0.4, -0.2) is 66.5 Å². The fraction of sp³-hybridized carbons (Fsp3) is 0.796. The molecule has 384 valence electrons. The van der Waals surface area contributed by atoms with E-state index in [1.165, 1.54) is 96.3 Å². The molecule has 0 fully saturated rings. The third-order valence-corrected chi connectivity index (χ3v) is 12.2. The Kier molecular flexibility index (Phi) is 47.0. The molecule has 0 aliphatic rings. The van der Waals surface area contributed by atoms with Crippen LogP contribution < -0.4 is 0 Å². The molecule has 3 atom stereocenters. The molecule has 0 spiro atoms. The normalized spacial score (nSPS) is 13.8. The largest absolute Gasteiger partial charge is 0.472 e. The van der Waals surface area contributed by atoms with E-state index < -0.39 is 57.8 Å². The van der Waals surface area contributed by atoms with Gasteiger partial charge in [0.25, 0.3) is 0 Å². The Morgan fingerprint density at radius 2 is 0.788 bits per heavy atom.